The van der Waals surface area contributed by atoms with E-state index >= 15 is 0 Å². The van der Waals surface area contributed by atoms with Crippen molar-refractivity contribution in [2.45, 2.75) is 26.0 Å². The van der Waals surface area contributed by atoms with Crippen molar-refractivity contribution in [3.63, 3.8) is 0 Å². The molecule has 0 fully saturated rings. The maximum atomic E-state index is 10.3. The number of ether oxygens (including phenoxy) is 3. The third kappa shape index (κ3) is 7.76. The van der Waals surface area contributed by atoms with Crippen molar-refractivity contribution >= 4 is 0 Å². The number of aliphatic hydroxyl groups excluding tert-OH is 2. The molecule has 1 atom stereocenters. The Balaban J connectivity index is 1.75. The molecule has 2 aromatic carbocycles. The lowest BCUT2D eigenvalue weighted by molar-refractivity contribution is 0.0730. The molecule has 2 rings (SSSR count). The van der Waals surface area contributed by atoms with Gasteiger partial charge in [0.05, 0.1) is 13.2 Å². The van der Waals surface area contributed by atoms with Gasteiger partial charge >= 0.3 is 0 Å². The predicted octanol–water partition coefficient (Wildman–Crippen LogP) is 2.72. The Morgan fingerprint density at radius 2 is 1.64 bits per heavy atom. The minimum Gasteiger partial charge on any atom is -0.494 e. The van der Waals surface area contributed by atoms with Gasteiger partial charge in [-0.25, -0.2) is 0 Å². The lowest BCUT2D eigenvalue weighted by Crippen LogP contribution is -2.32. The second kappa shape index (κ2) is 12.2. The minimum absolute atomic E-state index is 0.131. The summed E-state index contributed by atoms with van der Waals surface area (Å²) in [6.07, 6.45) is 0.0141. The van der Waals surface area contributed by atoms with E-state index in [0.29, 0.717) is 44.2 Å². The van der Waals surface area contributed by atoms with Crippen molar-refractivity contribution < 1.29 is 24.4 Å². The van der Waals surface area contributed by atoms with Crippen LogP contribution in [0.1, 0.15) is 18.9 Å². The zero-order valence-electron chi connectivity index (χ0n) is 16.7. The molecule has 6 heteroatoms. The van der Waals surface area contributed by atoms with Crippen molar-refractivity contribution in [2.75, 3.05) is 40.0 Å². The number of nitrogens with zero attached hydrogens (tertiary/aromatic N) is 1. The summed E-state index contributed by atoms with van der Waals surface area (Å²) in [6.45, 7) is 4.53. The van der Waals surface area contributed by atoms with E-state index in [-0.39, 0.29) is 13.2 Å². The molecule has 6 nitrogen and oxygen atoms in total. The summed E-state index contributed by atoms with van der Waals surface area (Å²) in [5, 5.41) is 19.1. The van der Waals surface area contributed by atoms with Gasteiger partial charge in [0, 0.05) is 26.1 Å². The molecule has 0 aromatic heterocycles. The predicted molar refractivity (Wildman–Crippen MR) is 109 cm³/mol. The summed E-state index contributed by atoms with van der Waals surface area (Å²) in [6, 6.07) is 15.3. The smallest absolute Gasteiger partial charge is 0.161 e. The number of hydrogen-bond donors (Lipinski definition) is 2. The van der Waals surface area contributed by atoms with Crippen LogP contribution < -0.4 is 14.2 Å². The van der Waals surface area contributed by atoms with E-state index < -0.39 is 6.10 Å². The molecule has 0 saturated heterocycles. The van der Waals surface area contributed by atoms with Crippen LogP contribution in [0.3, 0.4) is 0 Å². The maximum Gasteiger partial charge on any atom is 0.161 e. The Bertz CT molecular complexity index is 677. The molecule has 0 aliphatic carbocycles. The number of benzene rings is 2. The standard InChI is InChI=1S/C22H31NO5/c1-3-26-21-7-4-5-8-22(21)28-17-19(25)16-23(2)15-18-9-11-20(12-10-18)27-14-6-13-24/h4-5,7-12,19,24-25H,3,6,13-17H2,1-2H3/t19-/m1/s1. The highest BCUT2D eigenvalue weighted by Gasteiger charge is 2.12. The normalized spacial score (nSPS) is 12.0. The Labute approximate surface area is 167 Å². The third-order valence-electron chi connectivity index (χ3n) is 4.05. The molecule has 0 unspecified atom stereocenters. The van der Waals surface area contributed by atoms with Gasteiger partial charge in [0.2, 0.25) is 0 Å². The van der Waals surface area contributed by atoms with Crippen molar-refractivity contribution in [1.82, 2.24) is 4.90 Å². The number of rotatable bonds is 13. The highest BCUT2D eigenvalue weighted by atomic mass is 16.5. The van der Waals surface area contributed by atoms with Crippen molar-refractivity contribution in [1.29, 1.82) is 0 Å². The molecular formula is C22H31NO5. The van der Waals surface area contributed by atoms with Gasteiger partial charge in [-0.2, -0.15) is 0 Å². The van der Waals surface area contributed by atoms with E-state index in [9.17, 15) is 5.11 Å². The SMILES string of the molecule is CCOc1ccccc1OC[C@H](O)CN(C)Cc1ccc(OCCCO)cc1. The van der Waals surface area contributed by atoms with Gasteiger partial charge in [-0.05, 0) is 43.8 Å². The topological polar surface area (TPSA) is 71.4 Å². The summed E-state index contributed by atoms with van der Waals surface area (Å²) < 4.78 is 16.8. The van der Waals surface area contributed by atoms with Crippen LogP contribution in [-0.2, 0) is 6.54 Å². The molecule has 2 N–H and O–H groups in total. The fourth-order valence-electron chi connectivity index (χ4n) is 2.76. The largest absolute Gasteiger partial charge is 0.494 e. The molecule has 0 spiro atoms. The van der Waals surface area contributed by atoms with Crippen LogP contribution in [0.25, 0.3) is 0 Å². The van der Waals surface area contributed by atoms with E-state index in [2.05, 4.69) is 0 Å². The first-order valence-electron chi connectivity index (χ1n) is 9.66. The number of aliphatic hydroxyl groups is 2. The summed E-state index contributed by atoms with van der Waals surface area (Å²) in [5.41, 5.74) is 1.13. The second-order valence-corrected chi connectivity index (χ2v) is 6.61. The van der Waals surface area contributed by atoms with Gasteiger partial charge in [0.25, 0.3) is 0 Å². The first-order valence-corrected chi connectivity index (χ1v) is 9.66. The lowest BCUT2D eigenvalue weighted by atomic mass is 10.2. The summed E-state index contributed by atoms with van der Waals surface area (Å²) in [4.78, 5) is 2.05. The van der Waals surface area contributed by atoms with Crippen LogP contribution in [0, 0.1) is 0 Å². The lowest BCUT2D eigenvalue weighted by Gasteiger charge is -2.21. The molecule has 0 aliphatic heterocycles. The highest BCUT2D eigenvalue weighted by molar-refractivity contribution is 5.39. The average molecular weight is 389 g/mol. The van der Waals surface area contributed by atoms with Gasteiger partial charge in [-0.1, -0.05) is 24.3 Å². The Morgan fingerprint density at radius 3 is 2.29 bits per heavy atom. The fraction of sp³-hybridized carbons (Fsp3) is 0.455. The highest BCUT2D eigenvalue weighted by Crippen LogP contribution is 2.26. The summed E-state index contributed by atoms with van der Waals surface area (Å²) in [5.74, 6) is 2.12. The monoisotopic (exact) mass is 389 g/mol. The number of likely N-dealkylation sites (N-methyl/N-ethyl adjacent to an activating group) is 1. The maximum absolute atomic E-state index is 10.3. The molecular weight excluding hydrogens is 358 g/mol. The van der Waals surface area contributed by atoms with Gasteiger partial charge in [-0.3, -0.25) is 4.90 Å². The molecule has 0 amide bonds. The van der Waals surface area contributed by atoms with Crippen LogP contribution in [0.4, 0.5) is 0 Å². The zero-order valence-corrected chi connectivity index (χ0v) is 16.7. The average Bonchev–Trinajstić information content (AvgIpc) is 2.69. The fourth-order valence-corrected chi connectivity index (χ4v) is 2.76. The van der Waals surface area contributed by atoms with E-state index in [1.165, 1.54) is 0 Å². The summed E-state index contributed by atoms with van der Waals surface area (Å²) in [7, 11) is 1.96. The molecule has 0 aliphatic rings. The Morgan fingerprint density at radius 1 is 0.964 bits per heavy atom. The van der Waals surface area contributed by atoms with E-state index in [4.69, 9.17) is 19.3 Å². The van der Waals surface area contributed by atoms with Crippen LogP contribution in [0.2, 0.25) is 0 Å². The quantitative estimate of drug-likeness (QED) is 0.513. The van der Waals surface area contributed by atoms with Gasteiger partial charge in [0.15, 0.2) is 11.5 Å². The third-order valence-corrected chi connectivity index (χ3v) is 4.05. The van der Waals surface area contributed by atoms with Crippen LogP contribution in [0.5, 0.6) is 17.2 Å². The van der Waals surface area contributed by atoms with Crippen molar-refractivity contribution in [3.8, 4) is 17.2 Å². The van der Waals surface area contributed by atoms with E-state index in [1.54, 1.807) is 0 Å². The zero-order chi connectivity index (χ0) is 20.2. The van der Waals surface area contributed by atoms with Crippen LogP contribution >= 0.6 is 0 Å². The Kier molecular flexibility index (Phi) is 9.62. The van der Waals surface area contributed by atoms with Crippen molar-refractivity contribution in [2.24, 2.45) is 0 Å². The minimum atomic E-state index is -0.610. The van der Waals surface area contributed by atoms with E-state index in [0.717, 1.165) is 11.3 Å². The summed E-state index contributed by atoms with van der Waals surface area (Å²) >= 11 is 0. The molecule has 0 bridgehead atoms. The van der Waals surface area contributed by atoms with Crippen molar-refractivity contribution in [3.05, 3.63) is 54.1 Å². The van der Waals surface area contributed by atoms with Gasteiger partial charge in [-0.15, -0.1) is 0 Å². The molecule has 0 radical (unpaired) electrons. The van der Waals surface area contributed by atoms with Gasteiger partial charge < -0.3 is 24.4 Å². The molecule has 0 saturated carbocycles. The van der Waals surface area contributed by atoms with E-state index in [1.807, 2.05) is 67.4 Å². The number of para-hydroxylation sites is 2. The first kappa shape index (κ1) is 22.0. The molecule has 154 valence electrons. The molecule has 0 heterocycles. The Hall–Kier alpha value is -2.28. The first-order chi connectivity index (χ1) is 13.6. The van der Waals surface area contributed by atoms with Gasteiger partial charge in [0.1, 0.15) is 18.5 Å². The number of hydrogen-bond acceptors (Lipinski definition) is 6. The molecule has 2 aromatic rings. The van der Waals surface area contributed by atoms with Crippen LogP contribution in [0.15, 0.2) is 48.5 Å². The van der Waals surface area contributed by atoms with Crippen LogP contribution in [-0.4, -0.2) is 61.2 Å². The molecule has 28 heavy (non-hydrogen) atoms. The second-order valence-electron chi connectivity index (χ2n) is 6.61.